The Bertz CT molecular complexity index is 28.1. The molecule has 0 rings (SSSR count). The molecule has 0 aromatic heterocycles. The van der Waals surface area contributed by atoms with Crippen LogP contribution in [0.5, 0.6) is 0 Å². The molecule has 0 saturated carbocycles. The monoisotopic (exact) mass is 119 g/mol. The van der Waals surface area contributed by atoms with Gasteiger partial charge in [-0.3, -0.25) is 0 Å². The largest absolute Gasteiger partial charge is 0.317 e. The fraction of sp³-hybridized carbons (Fsp3) is 1.00. The Kier molecular flexibility index (Phi) is 13.6. The van der Waals surface area contributed by atoms with Gasteiger partial charge in [-0.2, -0.15) is 0 Å². The molecule has 0 radical (unpaired) electrons. The van der Waals surface area contributed by atoms with E-state index in [4.69, 9.17) is 0 Å². The van der Waals surface area contributed by atoms with Crippen LogP contribution in [0.1, 0.15) is 35.5 Å². The maximum Gasteiger partial charge on any atom is 0.00331 e. The predicted molar refractivity (Wildman–Crippen MR) is 42.3 cm³/mol. The Balaban J connectivity index is -0.000000109. The summed E-state index contributed by atoms with van der Waals surface area (Å²) in [7, 11) is 1.98. The van der Waals surface area contributed by atoms with Gasteiger partial charge in [0, 0.05) is 7.47 Å². The summed E-state index contributed by atoms with van der Waals surface area (Å²) in [5, 5.41) is 3.11. The van der Waals surface area contributed by atoms with Crippen molar-refractivity contribution in [2.24, 2.45) is 0 Å². The average molecular weight is 119 g/mol. The summed E-state index contributed by atoms with van der Waals surface area (Å²) >= 11 is 0. The zero-order valence-electron chi connectivity index (χ0n) is 6.78. The maximum absolute atomic E-state index is 3.11. The fourth-order valence-electron chi connectivity index (χ4n) is 0.204. The normalized spacial score (nSPS) is 11.6. The molecule has 1 nitrogen and oxygen atoms in total. The minimum atomic E-state index is 0. The number of hydrogen-bond donors (Lipinski definition) is 1. The van der Waals surface area contributed by atoms with Gasteiger partial charge < -0.3 is 5.32 Å². The first-order valence-electron chi connectivity index (χ1n) is 3.48. The summed E-state index contributed by atoms with van der Waals surface area (Å²) in [6, 6.07) is 0.685. The second-order valence-electron chi connectivity index (χ2n) is 1.60. The van der Waals surface area contributed by atoms with E-state index in [0.29, 0.717) is 6.04 Å². The predicted octanol–water partition coefficient (Wildman–Crippen LogP) is 2.28. The van der Waals surface area contributed by atoms with E-state index in [-0.39, 0.29) is 1.43 Å². The van der Waals surface area contributed by atoms with Gasteiger partial charge in [-0.25, -0.2) is 0 Å². The van der Waals surface area contributed by atoms with Crippen molar-refractivity contribution >= 4 is 0 Å². The Morgan fingerprint density at radius 1 is 1.50 bits per heavy atom. The summed E-state index contributed by atoms with van der Waals surface area (Å²) in [6.45, 7) is 8.33. The van der Waals surface area contributed by atoms with Gasteiger partial charge in [-0.15, -0.1) is 0 Å². The summed E-state index contributed by atoms with van der Waals surface area (Å²) in [5.41, 5.74) is 0. The maximum atomic E-state index is 3.11. The van der Waals surface area contributed by atoms with Crippen LogP contribution in [0.2, 0.25) is 0 Å². The van der Waals surface area contributed by atoms with Gasteiger partial charge in [0.25, 0.3) is 0 Å². The van der Waals surface area contributed by atoms with Crippen molar-refractivity contribution in [1.82, 2.24) is 5.32 Å². The van der Waals surface area contributed by atoms with E-state index in [1.54, 1.807) is 0 Å². The molecular formula is C7H21N. The van der Waals surface area contributed by atoms with Crippen molar-refractivity contribution in [3.8, 4) is 0 Å². The highest BCUT2D eigenvalue weighted by molar-refractivity contribution is 4.49. The highest BCUT2D eigenvalue weighted by Crippen LogP contribution is 1.82. The van der Waals surface area contributed by atoms with Gasteiger partial charge in [0.1, 0.15) is 0 Å². The lowest BCUT2D eigenvalue weighted by molar-refractivity contribution is 0.593. The lowest BCUT2D eigenvalue weighted by atomic mass is 10.3. The van der Waals surface area contributed by atoms with Gasteiger partial charge in [0.2, 0.25) is 0 Å². The zero-order chi connectivity index (χ0) is 6.99. The van der Waals surface area contributed by atoms with E-state index in [9.17, 15) is 0 Å². The first kappa shape index (κ1) is 10.9. The van der Waals surface area contributed by atoms with Crippen molar-refractivity contribution in [1.29, 1.82) is 0 Å². The van der Waals surface area contributed by atoms with Crippen LogP contribution in [0.3, 0.4) is 0 Å². The molecule has 0 aromatic rings. The molecule has 0 bridgehead atoms. The third kappa shape index (κ3) is 9.35. The zero-order valence-corrected chi connectivity index (χ0v) is 6.78. The summed E-state index contributed by atoms with van der Waals surface area (Å²) in [6.07, 6.45) is 1.22. The van der Waals surface area contributed by atoms with Crippen molar-refractivity contribution in [3.63, 3.8) is 0 Å². The Morgan fingerprint density at radius 3 is 1.88 bits per heavy atom. The summed E-state index contributed by atoms with van der Waals surface area (Å²) in [5.74, 6) is 0. The first-order chi connectivity index (χ1) is 3.81. The molecule has 0 heterocycles. The minimum absolute atomic E-state index is 0. The molecule has 54 valence electrons. The highest BCUT2D eigenvalue weighted by atomic mass is 14.8. The van der Waals surface area contributed by atoms with Crippen LogP contribution in [0.25, 0.3) is 0 Å². The molecular weight excluding hydrogens is 98.1 g/mol. The van der Waals surface area contributed by atoms with Gasteiger partial charge >= 0.3 is 0 Å². The Labute approximate surface area is 55.0 Å². The van der Waals surface area contributed by atoms with Crippen LogP contribution in [0.15, 0.2) is 0 Å². The average Bonchev–Trinajstić information content (AvgIpc) is 1.91. The topological polar surface area (TPSA) is 12.0 Å². The molecule has 0 fully saturated rings. The molecule has 0 saturated heterocycles. The molecule has 0 amide bonds. The van der Waals surface area contributed by atoms with E-state index in [1.165, 1.54) is 6.42 Å². The molecule has 1 atom stereocenters. The van der Waals surface area contributed by atoms with E-state index in [2.05, 4.69) is 19.2 Å². The quantitative estimate of drug-likeness (QED) is 0.588. The third-order valence-corrected chi connectivity index (χ3v) is 1.11. The summed E-state index contributed by atoms with van der Waals surface area (Å²) < 4.78 is 0. The lowest BCUT2D eigenvalue weighted by Gasteiger charge is -2.02. The lowest BCUT2D eigenvalue weighted by Crippen LogP contribution is -2.19. The van der Waals surface area contributed by atoms with E-state index < -0.39 is 0 Å². The van der Waals surface area contributed by atoms with Crippen molar-refractivity contribution in [2.75, 3.05) is 7.05 Å². The van der Waals surface area contributed by atoms with Gasteiger partial charge in [0.15, 0.2) is 0 Å². The highest BCUT2D eigenvalue weighted by Gasteiger charge is 1.86. The smallest absolute Gasteiger partial charge is 0.00331 e. The van der Waals surface area contributed by atoms with Crippen molar-refractivity contribution < 1.29 is 1.43 Å². The van der Waals surface area contributed by atoms with E-state index in [0.717, 1.165) is 0 Å². The molecule has 0 spiro atoms. The molecule has 0 aromatic carbocycles. The van der Waals surface area contributed by atoms with Crippen LogP contribution >= 0.6 is 0 Å². The SMILES string of the molecule is CC.CCC(C)NC.[HH]. The van der Waals surface area contributed by atoms with E-state index >= 15 is 0 Å². The molecule has 1 N–H and O–H groups in total. The van der Waals surface area contributed by atoms with Crippen LogP contribution < -0.4 is 5.32 Å². The molecule has 1 heteroatoms. The van der Waals surface area contributed by atoms with Gasteiger partial charge in [-0.1, -0.05) is 20.8 Å². The Morgan fingerprint density at radius 2 is 1.88 bits per heavy atom. The van der Waals surface area contributed by atoms with Crippen LogP contribution in [0.4, 0.5) is 0 Å². The first-order valence-corrected chi connectivity index (χ1v) is 3.48. The molecule has 0 aliphatic heterocycles. The number of nitrogens with one attached hydrogen (secondary N) is 1. The number of rotatable bonds is 2. The fourth-order valence-corrected chi connectivity index (χ4v) is 0.204. The van der Waals surface area contributed by atoms with E-state index in [1.807, 2.05) is 20.9 Å². The van der Waals surface area contributed by atoms with Crippen molar-refractivity contribution in [2.45, 2.75) is 40.2 Å². The molecule has 0 aliphatic carbocycles. The molecule has 0 aliphatic rings. The minimum Gasteiger partial charge on any atom is -0.317 e. The van der Waals surface area contributed by atoms with Gasteiger partial charge in [0.05, 0.1) is 0 Å². The molecule has 1 unspecified atom stereocenters. The number of hydrogen-bond acceptors (Lipinski definition) is 1. The third-order valence-electron chi connectivity index (χ3n) is 1.11. The second-order valence-corrected chi connectivity index (χ2v) is 1.60. The summed E-state index contributed by atoms with van der Waals surface area (Å²) in [4.78, 5) is 0. The van der Waals surface area contributed by atoms with Crippen LogP contribution in [0, 0.1) is 0 Å². The standard InChI is InChI=1S/C5H13N.C2H6.H2/c1-4-5(2)6-3;1-2;/h5-6H,4H2,1-3H3;1-2H3;1H. The van der Waals surface area contributed by atoms with Gasteiger partial charge in [-0.05, 0) is 20.4 Å². The Hall–Kier alpha value is -0.0400. The van der Waals surface area contributed by atoms with Crippen molar-refractivity contribution in [3.05, 3.63) is 0 Å². The second kappa shape index (κ2) is 10.0. The van der Waals surface area contributed by atoms with Crippen LogP contribution in [-0.2, 0) is 0 Å². The molecule has 8 heavy (non-hydrogen) atoms. The van der Waals surface area contributed by atoms with Crippen LogP contribution in [-0.4, -0.2) is 13.1 Å².